The van der Waals surface area contributed by atoms with E-state index < -0.39 is 0 Å². The van der Waals surface area contributed by atoms with Crippen molar-refractivity contribution < 1.29 is 17.2 Å². The van der Waals surface area contributed by atoms with Crippen molar-refractivity contribution >= 4 is 27.6 Å². The fraction of sp³-hybridized carbons (Fsp3) is 0.231. The molecule has 0 spiro atoms. The largest absolute Gasteiger partial charge is 1.00 e. The summed E-state index contributed by atoms with van der Waals surface area (Å²) in [5.74, 6) is 0.102. The van der Waals surface area contributed by atoms with E-state index in [1.165, 1.54) is 5.39 Å². The first kappa shape index (κ1) is 21.3. The van der Waals surface area contributed by atoms with Gasteiger partial charge in [0.2, 0.25) is 0 Å². The molecule has 4 nitrogen and oxygen atoms in total. The molecule has 0 atom stereocenters. The number of fused-ring (bicyclic) bond motifs is 2. The predicted octanol–water partition coefficient (Wildman–Crippen LogP) is 1.84. The molecule has 0 saturated carbocycles. The number of pyridine rings is 1. The molecule has 5 heteroatoms. The molecule has 1 fully saturated rings. The van der Waals surface area contributed by atoms with Gasteiger partial charge in [-0.2, -0.15) is 0 Å². The number of carbonyl (C=O) groups is 1. The van der Waals surface area contributed by atoms with Crippen LogP contribution in [0.2, 0.25) is 0 Å². The Hall–Kier alpha value is -2.95. The number of halogens is 1. The number of amides is 1. The van der Waals surface area contributed by atoms with E-state index in [2.05, 4.69) is 42.3 Å². The number of likely N-dealkylation sites (N-methyl/N-ethyl adjacent to an activating group) is 1. The summed E-state index contributed by atoms with van der Waals surface area (Å²) in [6.07, 6.45) is 1.00. The van der Waals surface area contributed by atoms with Gasteiger partial charge in [-0.3, -0.25) is 4.79 Å². The van der Waals surface area contributed by atoms with Crippen LogP contribution in [0.1, 0.15) is 16.8 Å². The molecule has 4 aromatic rings. The van der Waals surface area contributed by atoms with E-state index in [4.69, 9.17) is 4.98 Å². The Bertz CT molecular complexity index is 1230. The SMILES string of the molecule is CN1CCCN(C(=O)c2cc(-c3cccc4ccccc34)nc3ccccc23)CC1.[Cl-]. The van der Waals surface area contributed by atoms with Gasteiger partial charge >= 0.3 is 0 Å². The van der Waals surface area contributed by atoms with Gasteiger partial charge in [0.1, 0.15) is 0 Å². The Morgan fingerprint density at radius 3 is 2.45 bits per heavy atom. The Labute approximate surface area is 188 Å². The third-order valence-corrected chi connectivity index (χ3v) is 6.02. The van der Waals surface area contributed by atoms with Crippen molar-refractivity contribution in [3.8, 4) is 11.3 Å². The Kier molecular flexibility index (Phi) is 6.21. The molecule has 0 aliphatic carbocycles. The number of nitrogens with zero attached hydrogens (tertiary/aromatic N) is 3. The summed E-state index contributed by atoms with van der Waals surface area (Å²) >= 11 is 0. The van der Waals surface area contributed by atoms with Crippen molar-refractivity contribution in [3.63, 3.8) is 0 Å². The molecule has 0 N–H and O–H groups in total. The fourth-order valence-corrected chi connectivity index (χ4v) is 4.36. The average Bonchev–Trinajstić information content (AvgIpc) is 3.02. The number of benzene rings is 3. The molecule has 31 heavy (non-hydrogen) atoms. The van der Waals surface area contributed by atoms with Gasteiger partial charge in [-0.05, 0) is 42.9 Å². The summed E-state index contributed by atoms with van der Waals surface area (Å²) in [6.45, 7) is 3.49. The summed E-state index contributed by atoms with van der Waals surface area (Å²) in [7, 11) is 2.12. The standard InChI is InChI=1S/C26H25N3O.ClH/c1-28-14-7-15-29(17-16-28)26(30)23-18-25(27-24-13-5-4-11-22(23)24)21-12-6-9-19-8-2-3-10-20(19)21;/h2-6,8-13,18H,7,14-17H2,1H3;1H/p-1. The highest BCUT2D eigenvalue weighted by atomic mass is 35.5. The molecule has 1 saturated heterocycles. The van der Waals surface area contributed by atoms with Crippen LogP contribution in [-0.2, 0) is 0 Å². The van der Waals surface area contributed by atoms with Crippen molar-refractivity contribution in [2.75, 3.05) is 33.2 Å². The summed E-state index contributed by atoms with van der Waals surface area (Å²) in [4.78, 5) is 22.8. The normalized spacial score (nSPS) is 14.9. The van der Waals surface area contributed by atoms with Gasteiger partial charge in [-0.15, -0.1) is 0 Å². The molecule has 3 aromatic carbocycles. The molecule has 1 aliphatic rings. The van der Waals surface area contributed by atoms with Gasteiger partial charge in [0.15, 0.2) is 0 Å². The molecule has 0 unspecified atom stereocenters. The van der Waals surface area contributed by atoms with Gasteiger partial charge in [0, 0.05) is 30.6 Å². The zero-order chi connectivity index (χ0) is 20.5. The molecule has 5 rings (SSSR count). The highest BCUT2D eigenvalue weighted by Crippen LogP contribution is 2.31. The van der Waals surface area contributed by atoms with Gasteiger partial charge < -0.3 is 22.2 Å². The van der Waals surface area contributed by atoms with Crippen LogP contribution in [0.4, 0.5) is 0 Å². The summed E-state index contributed by atoms with van der Waals surface area (Å²) in [6, 6.07) is 24.5. The second kappa shape index (κ2) is 9.04. The maximum atomic E-state index is 13.6. The fourth-order valence-electron chi connectivity index (χ4n) is 4.36. The van der Waals surface area contributed by atoms with E-state index in [1.54, 1.807) is 0 Å². The zero-order valence-corrected chi connectivity index (χ0v) is 18.3. The molecular weight excluding hydrogens is 406 g/mol. The molecule has 1 amide bonds. The monoisotopic (exact) mass is 430 g/mol. The number of para-hydroxylation sites is 1. The van der Waals surface area contributed by atoms with Crippen LogP contribution in [0.5, 0.6) is 0 Å². The lowest BCUT2D eigenvalue weighted by Crippen LogP contribution is -3.00. The molecular formula is C26H25ClN3O-. The van der Waals surface area contributed by atoms with Crippen LogP contribution in [-0.4, -0.2) is 53.9 Å². The highest BCUT2D eigenvalue weighted by Gasteiger charge is 2.22. The van der Waals surface area contributed by atoms with Crippen LogP contribution in [0.15, 0.2) is 72.8 Å². The molecule has 1 aromatic heterocycles. The predicted molar refractivity (Wildman–Crippen MR) is 123 cm³/mol. The average molecular weight is 431 g/mol. The quantitative estimate of drug-likeness (QED) is 0.487. The van der Waals surface area contributed by atoms with E-state index >= 15 is 0 Å². The lowest BCUT2D eigenvalue weighted by Gasteiger charge is -2.22. The minimum absolute atomic E-state index is 0. The summed E-state index contributed by atoms with van der Waals surface area (Å²) in [5, 5.41) is 3.25. The molecule has 0 radical (unpaired) electrons. The minimum atomic E-state index is 0. The van der Waals surface area contributed by atoms with Crippen LogP contribution in [0.3, 0.4) is 0 Å². The zero-order valence-electron chi connectivity index (χ0n) is 17.6. The number of aromatic nitrogens is 1. The summed E-state index contributed by atoms with van der Waals surface area (Å²) in [5.41, 5.74) is 3.51. The van der Waals surface area contributed by atoms with Gasteiger partial charge in [0.05, 0.1) is 16.8 Å². The van der Waals surface area contributed by atoms with Crippen LogP contribution < -0.4 is 12.4 Å². The van der Waals surface area contributed by atoms with E-state index in [0.29, 0.717) is 0 Å². The topological polar surface area (TPSA) is 36.4 Å². The maximum absolute atomic E-state index is 13.6. The molecule has 158 valence electrons. The second-order valence-corrected chi connectivity index (χ2v) is 8.05. The highest BCUT2D eigenvalue weighted by molar-refractivity contribution is 6.08. The van der Waals surface area contributed by atoms with E-state index in [1.807, 2.05) is 47.4 Å². The Balaban J connectivity index is 0.00000231. The van der Waals surface area contributed by atoms with Crippen molar-refractivity contribution in [1.29, 1.82) is 0 Å². The molecule has 1 aliphatic heterocycles. The van der Waals surface area contributed by atoms with Gasteiger partial charge in [0.25, 0.3) is 5.91 Å². The third-order valence-electron chi connectivity index (χ3n) is 6.02. The number of hydrogen-bond donors (Lipinski definition) is 0. The Morgan fingerprint density at radius 1 is 0.839 bits per heavy atom. The second-order valence-electron chi connectivity index (χ2n) is 8.05. The number of carbonyl (C=O) groups excluding carboxylic acids is 1. The number of hydrogen-bond acceptors (Lipinski definition) is 3. The van der Waals surface area contributed by atoms with Crippen LogP contribution >= 0.6 is 0 Å². The third kappa shape index (κ3) is 4.14. The lowest BCUT2D eigenvalue weighted by atomic mass is 9.98. The van der Waals surface area contributed by atoms with Crippen LogP contribution in [0, 0.1) is 0 Å². The minimum Gasteiger partial charge on any atom is -1.00 e. The van der Waals surface area contributed by atoms with Crippen LogP contribution in [0.25, 0.3) is 32.9 Å². The van der Waals surface area contributed by atoms with Crippen molar-refractivity contribution in [1.82, 2.24) is 14.8 Å². The maximum Gasteiger partial charge on any atom is 0.254 e. The smallest absolute Gasteiger partial charge is 0.254 e. The Morgan fingerprint density at radius 2 is 1.58 bits per heavy atom. The summed E-state index contributed by atoms with van der Waals surface area (Å²) < 4.78 is 0. The first-order valence-electron chi connectivity index (χ1n) is 10.6. The van der Waals surface area contributed by atoms with Crippen molar-refractivity contribution in [2.24, 2.45) is 0 Å². The number of rotatable bonds is 2. The van der Waals surface area contributed by atoms with E-state index in [0.717, 1.165) is 65.7 Å². The lowest BCUT2D eigenvalue weighted by molar-refractivity contribution is -0.0000157. The van der Waals surface area contributed by atoms with Crippen molar-refractivity contribution in [3.05, 3.63) is 78.4 Å². The molecule has 0 bridgehead atoms. The van der Waals surface area contributed by atoms with E-state index in [-0.39, 0.29) is 18.3 Å². The first-order chi connectivity index (χ1) is 14.7. The van der Waals surface area contributed by atoms with Gasteiger partial charge in [-0.25, -0.2) is 4.98 Å². The van der Waals surface area contributed by atoms with E-state index in [9.17, 15) is 4.79 Å². The first-order valence-corrected chi connectivity index (χ1v) is 10.6. The van der Waals surface area contributed by atoms with Gasteiger partial charge in [-0.1, -0.05) is 60.7 Å². The van der Waals surface area contributed by atoms with Crippen molar-refractivity contribution in [2.45, 2.75) is 6.42 Å². The molecule has 2 heterocycles.